The van der Waals surface area contributed by atoms with E-state index in [1.165, 1.54) is 6.92 Å². The molecule has 4 nitrogen and oxygen atoms in total. The number of hydrogen-bond donors (Lipinski definition) is 2. The topological polar surface area (TPSA) is 71.8 Å². The molecule has 0 aliphatic rings. The number of nitrogens with one attached hydrogen (secondary N) is 1. The molecule has 0 bridgehead atoms. The van der Waals surface area contributed by atoms with Crippen molar-refractivity contribution in [1.29, 1.82) is 0 Å². The van der Waals surface area contributed by atoms with Crippen molar-refractivity contribution in [2.24, 2.45) is 0 Å². The second-order valence-corrected chi connectivity index (χ2v) is 2.91. The first-order chi connectivity index (χ1) is 6.16. The highest BCUT2D eigenvalue weighted by atomic mass is 16.1. The molecule has 0 radical (unpaired) electrons. The van der Waals surface area contributed by atoms with E-state index in [2.05, 4.69) is 9.97 Å². The Balaban J connectivity index is 2.67. The molecule has 3 N–H and O–H groups in total. The molecule has 4 heteroatoms. The number of aromatic nitrogens is 2. The van der Waals surface area contributed by atoms with Gasteiger partial charge in [0.1, 0.15) is 0 Å². The van der Waals surface area contributed by atoms with Crippen molar-refractivity contribution in [2.75, 3.05) is 5.73 Å². The highest BCUT2D eigenvalue weighted by Gasteiger charge is 2.03. The molecule has 0 saturated carbocycles. The molecule has 0 atom stereocenters. The number of nitrogens with zero attached hydrogens (tertiary/aromatic N) is 1. The molecule has 0 aliphatic carbocycles. The summed E-state index contributed by atoms with van der Waals surface area (Å²) in [5.41, 5.74) is 7.69. The minimum Gasteiger partial charge on any atom is -0.369 e. The standard InChI is InChI=1S/C9H9N3O/c1-5(13)6-2-3-7-8(4-6)12-9(10)11-7/h2-4H,1H3,(H3,10,11,12). The molecule has 2 aromatic rings. The second-order valence-electron chi connectivity index (χ2n) is 2.91. The van der Waals surface area contributed by atoms with Crippen molar-refractivity contribution < 1.29 is 4.79 Å². The summed E-state index contributed by atoms with van der Waals surface area (Å²) in [5.74, 6) is 0.402. The van der Waals surface area contributed by atoms with Crippen LogP contribution < -0.4 is 5.73 Å². The van der Waals surface area contributed by atoms with Crippen LogP contribution in [0.5, 0.6) is 0 Å². The Morgan fingerprint density at radius 2 is 2.31 bits per heavy atom. The van der Waals surface area contributed by atoms with Crippen molar-refractivity contribution >= 4 is 22.8 Å². The molecule has 2 rings (SSSR count). The Morgan fingerprint density at radius 1 is 1.54 bits per heavy atom. The van der Waals surface area contributed by atoms with E-state index in [4.69, 9.17) is 5.73 Å². The van der Waals surface area contributed by atoms with Crippen LogP contribution in [0.2, 0.25) is 0 Å². The van der Waals surface area contributed by atoms with Crippen LogP contribution in [0.25, 0.3) is 11.0 Å². The largest absolute Gasteiger partial charge is 0.369 e. The molecular formula is C9H9N3O. The van der Waals surface area contributed by atoms with Gasteiger partial charge < -0.3 is 10.7 Å². The lowest BCUT2D eigenvalue weighted by atomic mass is 10.1. The van der Waals surface area contributed by atoms with Gasteiger partial charge in [0.05, 0.1) is 11.0 Å². The smallest absolute Gasteiger partial charge is 0.198 e. The molecular weight excluding hydrogens is 166 g/mol. The van der Waals surface area contributed by atoms with Crippen molar-refractivity contribution in [3.05, 3.63) is 23.8 Å². The third-order valence-corrected chi connectivity index (χ3v) is 1.91. The van der Waals surface area contributed by atoms with Gasteiger partial charge >= 0.3 is 0 Å². The fourth-order valence-corrected chi connectivity index (χ4v) is 1.24. The van der Waals surface area contributed by atoms with Crippen molar-refractivity contribution in [3.8, 4) is 0 Å². The maximum atomic E-state index is 11.0. The van der Waals surface area contributed by atoms with E-state index in [0.717, 1.165) is 11.0 Å². The third-order valence-electron chi connectivity index (χ3n) is 1.91. The van der Waals surface area contributed by atoms with Gasteiger partial charge in [-0.3, -0.25) is 4.79 Å². The van der Waals surface area contributed by atoms with Crippen LogP contribution in [-0.2, 0) is 0 Å². The van der Waals surface area contributed by atoms with Crippen LogP contribution in [0.4, 0.5) is 5.95 Å². The maximum absolute atomic E-state index is 11.0. The Morgan fingerprint density at radius 3 is 3.00 bits per heavy atom. The van der Waals surface area contributed by atoms with Crippen LogP contribution >= 0.6 is 0 Å². The number of anilines is 1. The fraction of sp³-hybridized carbons (Fsp3) is 0.111. The summed E-state index contributed by atoms with van der Waals surface area (Å²) in [4.78, 5) is 17.9. The van der Waals surface area contributed by atoms with Crippen molar-refractivity contribution in [2.45, 2.75) is 6.92 Å². The molecule has 13 heavy (non-hydrogen) atoms. The third kappa shape index (κ3) is 1.26. The minimum absolute atomic E-state index is 0.0310. The molecule has 1 aromatic carbocycles. The number of imidazole rings is 1. The summed E-state index contributed by atoms with van der Waals surface area (Å²) in [5, 5.41) is 0. The Kier molecular flexibility index (Phi) is 1.55. The Hall–Kier alpha value is -1.84. The summed E-state index contributed by atoms with van der Waals surface area (Å²) in [6.07, 6.45) is 0. The maximum Gasteiger partial charge on any atom is 0.198 e. The van der Waals surface area contributed by atoms with Gasteiger partial charge in [-0.25, -0.2) is 4.98 Å². The number of fused-ring (bicyclic) bond motifs is 1. The number of aromatic amines is 1. The molecule has 0 aliphatic heterocycles. The summed E-state index contributed by atoms with van der Waals surface area (Å²) >= 11 is 0. The molecule has 0 amide bonds. The minimum atomic E-state index is 0.0310. The predicted molar refractivity (Wildman–Crippen MR) is 50.5 cm³/mol. The van der Waals surface area contributed by atoms with Crippen LogP contribution in [-0.4, -0.2) is 15.8 Å². The first-order valence-electron chi connectivity index (χ1n) is 3.93. The first-order valence-corrected chi connectivity index (χ1v) is 3.93. The van der Waals surface area contributed by atoms with Gasteiger partial charge in [0.2, 0.25) is 0 Å². The molecule has 0 fully saturated rings. The van der Waals surface area contributed by atoms with E-state index in [-0.39, 0.29) is 5.78 Å². The highest BCUT2D eigenvalue weighted by Crippen LogP contribution is 2.14. The van der Waals surface area contributed by atoms with Crippen LogP contribution in [0.15, 0.2) is 18.2 Å². The van der Waals surface area contributed by atoms with Crippen molar-refractivity contribution in [1.82, 2.24) is 9.97 Å². The quantitative estimate of drug-likeness (QED) is 0.642. The number of carbonyl (C=O) groups is 1. The number of Topliss-reactive ketones (excluding diaryl/α,β-unsaturated/α-hetero) is 1. The number of benzene rings is 1. The van der Waals surface area contributed by atoms with Gasteiger partial charge in [-0.1, -0.05) is 0 Å². The van der Waals surface area contributed by atoms with Gasteiger partial charge in [0.15, 0.2) is 11.7 Å². The predicted octanol–water partition coefficient (Wildman–Crippen LogP) is 1.35. The van der Waals surface area contributed by atoms with E-state index < -0.39 is 0 Å². The number of nitrogen functional groups attached to an aromatic ring is 1. The fourth-order valence-electron chi connectivity index (χ4n) is 1.24. The molecule has 66 valence electrons. The summed E-state index contributed by atoms with van der Waals surface area (Å²) in [6, 6.07) is 5.28. The van der Waals surface area contributed by atoms with Gasteiger partial charge in [-0.2, -0.15) is 0 Å². The number of H-pyrrole nitrogens is 1. The SMILES string of the molecule is CC(=O)c1ccc2[nH]c(N)nc2c1. The lowest BCUT2D eigenvalue weighted by Gasteiger charge is -1.93. The van der Waals surface area contributed by atoms with E-state index in [9.17, 15) is 4.79 Å². The molecule has 1 heterocycles. The van der Waals surface area contributed by atoms with Gasteiger partial charge in [0, 0.05) is 5.56 Å². The van der Waals surface area contributed by atoms with Crippen LogP contribution in [0, 0.1) is 0 Å². The molecule has 0 saturated heterocycles. The zero-order valence-electron chi connectivity index (χ0n) is 7.16. The monoisotopic (exact) mass is 175 g/mol. The van der Waals surface area contributed by atoms with E-state index in [1.54, 1.807) is 18.2 Å². The molecule has 1 aromatic heterocycles. The highest BCUT2D eigenvalue weighted by molar-refractivity contribution is 5.97. The summed E-state index contributed by atoms with van der Waals surface area (Å²) in [7, 11) is 0. The lowest BCUT2D eigenvalue weighted by molar-refractivity contribution is 0.101. The van der Waals surface area contributed by atoms with E-state index in [0.29, 0.717) is 11.5 Å². The molecule has 0 unspecified atom stereocenters. The number of carbonyl (C=O) groups excluding carboxylic acids is 1. The van der Waals surface area contributed by atoms with Gasteiger partial charge in [0.25, 0.3) is 0 Å². The lowest BCUT2D eigenvalue weighted by Crippen LogP contribution is -1.90. The average molecular weight is 175 g/mol. The van der Waals surface area contributed by atoms with Gasteiger partial charge in [-0.15, -0.1) is 0 Å². The Labute approximate surface area is 74.8 Å². The zero-order chi connectivity index (χ0) is 9.42. The second kappa shape index (κ2) is 2.58. The number of rotatable bonds is 1. The number of ketones is 1. The molecule has 0 spiro atoms. The first kappa shape index (κ1) is 7.79. The van der Waals surface area contributed by atoms with Crippen molar-refractivity contribution in [3.63, 3.8) is 0 Å². The Bertz CT molecular complexity index is 473. The average Bonchev–Trinajstić information content (AvgIpc) is 2.42. The zero-order valence-corrected chi connectivity index (χ0v) is 7.16. The normalized spacial score (nSPS) is 10.5. The van der Waals surface area contributed by atoms with Gasteiger partial charge in [-0.05, 0) is 25.1 Å². The van der Waals surface area contributed by atoms with E-state index in [1.807, 2.05) is 0 Å². The van der Waals surface area contributed by atoms with E-state index >= 15 is 0 Å². The summed E-state index contributed by atoms with van der Waals surface area (Å²) in [6.45, 7) is 1.52. The summed E-state index contributed by atoms with van der Waals surface area (Å²) < 4.78 is 0. The van der Waals surface area contributed by atoms with Crippen LogP contribution in [0.3, 0.4) is 0 Å². The number of nitrogens with two attached hydrogens (primary N) is 1. The number of hydrogen-bond acceptors (Lipinski definition) is 3. The van der Waals surface area contributed by atoms with Crippen LogP contribution in [0.1, 0.15) is 17.3 Å².